The second kappa shape index (κ2) is 18.9. The normalized spacial score (nSPS) is 12.7. The zero-order chi connectivity index (χ0) is 16.3. The Bertz CT molecular complexity index is 197. The number of hydrogen-bond acceptors (Lipinski definition) is 3. The summed E-state index contributed by atoms with van der Waals surface area (Å²) in [6, 6.07) is 0. The van der Waals surface area contributed by atoms with Gasteiger partial charge in [0.2, 0.25) is 0 Å². The fourth-order valence-electron chi connectivity index (χ4n) is 2.67. The van der Waals surface area contributed by atoms with Gasteiger partial charge in [-0.1, -0.05) is 65.2 Å². The number of ether oxygens (including phenoxy) is 2. The average molecular weight is 317 g/mol. The van der Waals surface area contributed by atoms with Crippen LogP contribution in [0.2, 0.25) is 0 Å². The molecule has 0 bridgehead atoms. The Labute approximate surface area is 138 Å². The minimum atomic E-state index is 0.207. The highest BCUT2D eigenvalue weighted by molar-refractivity contribution is 4.60. The molecule has 0 fully saturated rings. The fourth-order valence-corrected chi connectivity index (χ4v) is 2.67. The molecular formula is C19H40O3. The number of hydrogen-bond donors (Lipinski definition) is 1. The van der Waals surface area contributed by atoms with Crippen molar-refractivity contribution in [1.29, 1.82) is 0 Å². The van der Waals surface area contributed by atoms with Crippen LogP contribution in [-0.2, 0) is 9.47 Å². The van der Waals surface area contributed by atoms with Gasteiger partial charge in [0, 0.05) is 19.8 Å². The van der Waals surface area contributed by atoms with Crippen LogP contribution in [0.1, 0.15) is 84.5 Å². The Morgan fingerprint density at radius 2 is 1.27 bits per heavy atom. The lowest BCUT2D eigenvalue weighted by Gasteiger charge is -2.17. The molecule has 0 spiro atoms. The summed E-state index contributed by atoms with van der Waals surface area (Å²) in [6.07, 6.45) is 14.1. The molecule has 3 nitrogen and oxygen atoms in total. The zero-order valence-electron chi connectivity index (χ0n) is 15.2. The van der Waals surface area contributed by atoms with Crippen LogP contribution in [0.5, 0.6) is 0 Å². The smallest absolute Gasteiger partial charge is 0.0700 e. The predicted molar refractivity (Wildman–Crippen MR) is 94.3 cm³/mol. The molecule has 0 saturated heterocycles. The lowest BCUT2D eigenvalue weighted by Crippen LogP contribution is -2.13. The maximum Gasteiger partial charge on any atom is 0.0700 e. The molecule has 1 atom stereocenters. The summed E-state index contributed by atoms with van der Waals surface area (Å²) < 4.78 is 11.2. The van der Waals surface area contributed by atoms with E-state index in [1.54, 1.807) is 0 Å². The largest absolute Gasteiger partial charge is 0.396 e. The van der Waals surface area contributed by atoms with Crippen LogP contribution >= 0.6 is 0 Å². The van der Waals surface area contributed by atoms with E-state index in [-0.39, 0.29) is 6.61 Å². The summed E-state index contributed by atoms with van der Waals surface area (Å²) >= 11 is 0. The molecule has 0 rings (SSSR count). The highest BCUT2D eigenvalue weighted by Gasteiger charge is 2.08. The molecule has 1 unspecified atom stereocenters. The van der Waals surface area contributed by atoms with Gasteiger partial charge < -0.3 is 14.6 Å². The fraction of sp³-hybridized carbons (Fsp3) is 1.00. The molecular weight excluding hydrogens is 276 g/mol. The summed E-state index contributed by atoms with van der Waals surface area (Å²) in [5.74, 6) is 0.727. The van der Waals surface area contributed by atoms with E-state index in [4.69, 9.17) is 14.6 Å². The molecule has 0 aliphatic rings. The van der Waals surface area contributed by atoms with Crippen molar-refractivity contribution >= 4 is 0 Å². The summed E-state index contributed by atoms with van der Waals surface area (Å²) in [6.45, 7) is 7.60. The molecule has 0 amide bonds. The van der Waals surface area contributed by atoms with Crippen LogP contribution in [0.15, 0.2) is 0 Å². The Hall–Kier alpha value is -0.120. The first-order chi connectivity index (χ1) is 10.8. The van der Waals surface area contributed by atoms with Crippen molar-refractivity contribution in [1.82, 2.24) is 0 Å². The van der Waals surface area contributed by atoms with Gasteiger partial charge in [0.25, 0.3) is 0 Å². The summed E-state index contributed by atoms with van der Waals surface area (Å²) in [5, 5.41) is 8.67. The number of unbranched alkanes of at least 4 members (excludes halogenated alkanes) is 6. The van der Waals surface area contributed by atoms with E-state index in [1.807, 2.05) is 0 Å². The highest BCUT2D eigenvalue weighted by Crippen LogP contribution is 2.18. The standard InChI is InChI=1S/C19H40O3/c1-3-5-7-8-10-13-19(12-9-6-4-2)18-22-17-16-21-15-11-14-20/h19-20H,3-18H2,1-2H3. The van der Waals surface area contributed by atoms with E-state index in [0.29, 0.717) is 19.8 Å². The van der Waals surface area contributed by atoms with Gasteiger partial charge in [-0.3, -0.25) is 0 Å². The van der Waals surface area contributed by atoms with E-state index in [9.17, 15) is 0 Å². The molecule has 22 heavy (non-hydrogen) atoms. The molecule has 0 aliphatic heterocycles. The van der Waals surface area contributed by atoms with E-state index in [0.717, 1.165) is 18.9 Å². The summed E-state index contributed by atoms with van der Waals surface area (Å²) in [5.41, 5.74) is 0. The molecule has 1 N–H and O–H groups in total. The summed E-state index contributed by atoms with van der Waals surface area (Å²) in [7, 11) is 0. The van der Waals surface area contributed by atoms with Crippen LogP contribution in [0, 0.1) is 5.92 Å². The molecule has 0 aromatic carbocycles. The van der Waals surface area contributed by atoms with E-state index >= 15 is 0 Å². The molecule has 0 aromatic rings. The van der Waals surface area contributed by atoms with E-state index in [2.05, 4.69) is 13.8 Å². The van der Waals surface area contributed by atoms with Crippen LogP contribution in [0.25, 0.3) is 0 Å². The maximum absolute atomic E-state index is 8.67. The Morgan fingerprint density at radius 3 is 1.95 bits per heavy atom. The average Bonchev–Trinajstić information content (AvgIpc) is 2.53. The van der Waals surface area contributed by atoms with Crippen molar-refractivity contribution in [3.05, 3.63) is 0 Å². The van der Waals surface area contributed by atoms with Gasteiger partial charge in [0.05, 0.1) is 13.2 Å². The quantitative estimate of drug-likeness (QED) is 0.363. The van der Waals surface area contributed by atoms with Gasteiger partial charge in [-0.15, -0.1) is 0 Å². The zero-order valence-corrected chi connectivity index (χ0v) is 15.2. The molecule has 0 aliphatic carbocycles. The van der Waals surface area contributed by atoms with Crippen molar-refractivity contribution in [3.63, 3.8) is 0 Å². The SMILES string of the molecule is CCCCCCCC(CCCCC)COCCOCCCO. The third-order valence-electron chi connectivity index (χ3n) is 4.10. The lowest BCUT2D eigenvalue weighted by molar-refractivity contribution is 0.0265. The minimum Gasteiger partial charge on any atom is -0.396 e. The molecule has 3 heteroatoms. The molecule has 0 aromatic heterocycles. The van der Waals surface area contributed by atoms with Crippen LogP contribution < -0.4 is 0 Å². The Morgan fingerprint density at radius 1 is 0.682 bits per heavy atom. The van der Waals surface area contributed by atoms with Crippen molar-refractivity contribution in [2.45, 2.75) is 84.5 Å². The minimum absolute atomic E-state index is 0.207. The van der Waals surface area contributed by atoms with E-state index < -0.39 is 0 Å². The van der Waals surface area contributed by atoms with Crippen LogP contribution in [0.3, 0.4) is 0 Å². The van der Waals surface area contributed by atoms with E-state index in [1.165, 1.54) is 64.2 Å². The van der Waals surface area contributed by atoms with Gasteiger partial charge >= 0.3 is 0 Å². The van der Waals surface area contributed by atoms with Crippen molar-refractivity contribution in [2.24, 2.45) is 5.92 Å². The van der Waals surface area contributed by atoms with Gasteiger partial charge in [0.15, 0.2) is 0 Å². The number of rotatable bonds is 18. The van der Waals surface area contributed by atoms with Gasteiger partial charge in [-0.2, -0.15) is 0 Å². The predicted octanol–water partition coefficient (Wildman–Crippen LogP) is 4.96. The first kappa shape index (κ1) is 21.9. The first-order valence-corrected chi connectivity index (χ1v) is 9.61. The first-order valence-electron chi connectivity index (χ1n) is 9.61. The number of aliphatic hydroxyl groups is 1. The van der Waals surface area contributed by atoms with Crippen molar-refractivity contribution in [3.8, 4) is 0 Å². The van der Waals surface area contributed by atoms with Gasteiger partial charge in [-0.25, -0.2) is 0 Å². The van der Waals surface area contributed by atoms with Crippen LogP contribution in [-0.4, -0.2) is 38.1 Å². The third-order valence-corrected chi connectivity index (χ3v) is 4.10. The maximum atomic E-state index is 8.67. The second-order valence-electron chi connectivity index (χ2n) is 6.33. The van der Waals surface area contributed by atoms with Crippen molar-refractivity contribution in [2.75, 3.05) is 33.0 Å². The molecule has 0 radical (unpaired) electrons. The summed E-state index contributed by atoms with van der Waals surface area (Å²) in [4.78, 5) is 0. The van der Waals surface area contributed by atoms with Crippen molar-refractivity contribution < 1.29 is 14.6 Å². The van der Waals surface area contributed by atoms with Gasteiger partial charge in [0.1, 0.15) is 0 Å². The lowest BCUT2D eigenvalue weighted by atomic mass is 9.95. The van der Waals surface area contributed by atoms with Crippen LogP contribution in [0.4, 0.5) is 0 Å². The topological polar surface area (TPSA) is 38.7 Å². The van der Waals surface area contributed by atoms with Gasteiger partial charge in [-0.05, 0) is 25.2 Å². The highest BCUT2D eigenvalue weighted by atomic mass is 16.5. The molecule has 0 heterocycles. The number of aliphatic hydroxyl groups excluding tert-OH is 1. The Kier molecular flexibility index (Phi) is 18.8. The second-order valence-corrected chi connectivity index (χ2v) is 6.33. The third kappa shape index (κ3) is 16.3. The Balaban J connectivity index is 3.63. The molecule has 0 saturated carbocycles. The monoisotopic (exact) mass is 316 g/mol. The molecule has 134 valence electrons.